The fourth-order valence-electron chi connectivity index (χ4n) is 3.49. The number of nitrogens with one attached hydrogen (secondary N) is 2. The van der Waals surface area contributed by atoms with Crippen LogP contribution in [0.1, 0.15) is 18.4 Å². The molecule has 1 aromatic rings. The number of aryl methyl sites for hydroxylation is 1. The van der Waals surface area contributed by atoms with Gasteiger partial charge in [0.1, 0.15) is 0 Å². The summed E-state index contributed by atoms with van der Waals surface area (Å²) in [5, 5.41) is 3.79. The van der Waals surface area contributed by atoms with Crippen LogP contribution in [0.25, 0.3) is 0 Å². The molecule has 5 nitrogen and oxygen atoms in total. The number of hydrogen-bond donors (Lipinski definition) is 2. The number of carbonyl (C=O) groups excluding carboxylic acids is 1. The number of benzene rings is 1. The Morgan fingerprint density at radius 3 is 2.92 bits per heavy atom. The van der Waals surface area contributed by atoms with E-state index in [1.54, 1.807) is 0 Å². The highest BCUT2D eigenvalue weighted by atomic mass is 35.5. The number of hydrogen-bond acceptors (Lipinski definition) is 3. The molecule has 2 aliphatic heterocycles. The van der Waals surface area contributed by atoms with Gasteiger partial charge >= 0.3 is 0 Å². The fraction of sp³-hybridized carbons (Fsp3) is 0.611. The standard InChI is InChI=1S/C18H26ClN3O2/c1-14-4-5-15(19)11-17(14)22-8-6-21(7-9-22)13-18(23)20-12-16-3-2-10-24-16/h4-5,11,16H,2-3,6-10,12-13H2,1H3,(H,20,23)/p+1/t16-/m1/s1. The molecule has 1 aromatic carbocycles. The van der Waals surface area contributed by atoms with E-state index in [1.165, 1.54) is 16.2 Å². The zero-order valence-corrected chi connectivity index (χ0v) is 15.1. The SMILES string of the molecule is Cc1ccc(Cl)cc1N1CC[NH+](CC(=O)NC[C@H]2CCCO2)CC1. The summed E-state index contributed by atoms with van der Waals surface area (Å²) in [4.78, 5) is 15.8. The minimum Gasteiger partial charge on any atom is -0.376 e. The topological polar surface area (TPSA) is 46.0 Å². The summed E-state index contributed by atoms with van der Waals surface area (Å²) in [6, 6.07) is 6.03. The summed E-state index contributed by atoms with van der Waals surface area (Å²) in [6.45, 7) is 8.00. The maximum absolute atomic E-state index is 12.1. The monoisotopic (exact) mass is 352 g/mol. The zero-order chi connectivity index (χ0) is 16.9. The molecule has 3 rings (SSSR count). The number of nitrogens with zero attached hydrogens (tertiary/aromatic N) is 1. The normalized spacial score (nSPS) is 21.9. The van der Waals surface area contributed by atoms with Gasteiger partial charge in [-0.15, -0.1) is 0 Å². The Balaban J connectivity index is 1.43. The highest BCUT2D eigenvalue weighted by Gasteiger charge is 2.24. The molecule has 2 N–H and O–H groups in total. The third-order valence-corrected chi connectivity index (χ3v) is 5.18. The Morgan fingerprint density at radius 2 is 2.21 bits per heavy atom. The first-order chi connectivity index (χ1) is 11.6. The van der Waals surface area contributed by atoms with Crippen molar-refractivity contribution in [2.45, 2.75) is 25.9 Å². The van der Waals surface area contributed by atoms with E-state index in [1.807, 2.05) is 12.1 Å². The van der Waals surface area contributed by atoms with Crippen LogP contribution in [0.4, 0.5) is 5.69 Å². The first-order valence-corrected chi connectivity index (χ1v) is 9.22. The summed E-state index contributed by atoms with van der Waals surface area (Å²) in [7, 11) is 0. The lowest BCUT2D eigenvalue weighted by atomic mass is 10.1. The lowest BCUT2D eigenvalue weighted by molar-refractivity contribution is -0.892. The molecule has 1 amide bonds. The molecule has 2 aliphatic rings. The average Bonchev–Trinajstić information content (AvgIpc) is 3.10. The van der Waals surface area contributed by atoms with Crippen LogP contribution in [0.5, 0.6) is 0 Å². The van der Waals surface area contributed by atoms with Crippen LogP contribution >= 0.6 is 11.6 Å². The Bertz CT molecular complexity index is 567. The number of rotatable bonds is 5. The van der Waals surface area contributed by atoms with Gasteiger partial charge < -0.3 is 19.9 Å². The second-order valence-electron chi connectivity index (χ2n) is 6.78. The van der Waals surface area contributed by atoms with E-state index in [-0.39, 0.29) is 12.0 Å². The van der Waals surface area contributed by atoms with Crippen LogP contribution in [-0.2, 0) is 9.53 Å². The van der Waals surface area contributed by atoms with E-state index in [4.69, 9.17) is 16.3 Å². The van der Waals surface area contributed by atoms with Crippen LogP contribution in [0, 0.1) is 6.92 Å². The molecule has 24 heavy (non-hydrogen) atoms. The summed E-state index contributed by atoms with van der Waals surface area (Å²) in [5.41, 5.74) is 2.46. The van der Waals surface area contributed by atoms with Gasteiger partial charge in [-0.3, -0.25) is 4.79 Å². The van der Waals surface area contributed by atoms with Crippen LogP contribution in [-0.4, -0.2) is 57.9 Å². The first-order valence-electron chi connectivity index (χ1n) is 8.85. The van der Waals surface area contributed by atoms with E-state index in [0.717, 1.165) is 50.7 Å². The van der Waals surface area contributed by atoms with E-state index in [2.05, 4.69) is 23.2 Å². The molecular weight excluding hydrogens is 326 g/mol. The number of quaternary nitrogens is 1. The van der Waals surface area contributed by atoms with Gasteiger partial charge in [0.25, 0.3) is 5.91 Å². The molecule has 2 heterocycles. The third kappa shape index (κ3) is 4.62. The highest BCUT2D eigenvalue weighted by Crippen LogP contribution is 2.24. The number of anilines is 1. The van der Waals surface area contributed by atoms with Gasteiger partial charge in [0.05, 0.1) is 32.3 Å². The maximum atomic E-state index is 12.1. The minimum absolute atomic E-state index is 0.132. The van der Waals surface area contributed by atoms with Crippen molar-refractivity contribution in [2.24, 2.45) is 0 Å². The van der Waals surface area contributed by atoms with Crippen LogP contribution in [0.15, 0.2) is 18.2 Å². The number of amides is 1. The van der Waals surface area contributed by atoms with Gasteiger partial charge in [0.15, 0.2) is 6.54 Å². The van der Waals surface area contributed by atoms with Gasteiger partial charge in [0, 0.05) is 23.9 Å². The molecule has 0 unspecified atom stereocenters. The number of carbonyl (C=O) groups is 1. The van der Waals surface area contributed by atoms with Crippen molar-refractivity contribution in [3.8, 4) is 0 Å². The van der Waals surface area contributed by atoms with Crippen molar-refractivity contribution in [1.82, 2.24) is 5.32 Å². The fourth-order valence-corrected chi connectivity index (χ4v) is 3.65. The van der Waals surface area contributed by atoms with Crippen molar-refractivity contribution >= 4 is 23.2 Å². The summed E-state index contributed by atoms with van der Waals surface area (Å²) < 4.78 is 5.54. The van der Waals surface area contributed by atoms with Crippen molar-refractivity contribution in [1.29, 1.82) is 0 Å². The average molecular weight is 353 g/mol. The Kier molecular flexibility index (Phi) is 5.98. The Labute approximate surface area is 148 Å². The molecule has 0 spiro atoms. The van der Waals surface area contributed by atoms with E-state index < -0.39 is 0 Å². The molecule has 132 valence electrons. The van der Waals surface area contributed by atoms with Crippen LogP contribution in [0.2, 0.25) is 5.02 Å². The van der Waals surface area contributed by atoms with E-state index >= 15 is 0 Å². The smallest absolute Gasteiger partial charge is 0.275 e. The predicted octanol–water partition coefficient (Wildman–Crippen LogP) is 0.649. The number of halogens is 1. The summed E-state index contributed by atoms with van der Waals surface area (Å²) in [5.74, 6) is 0.132. The highest BCUT2D eigenvalue weighted by molar-refractivity contribution is 6.30. The second-order valence-corrected chi connectivity index (χ2v) is 7.22. The van der Waals surface area contributed by atoms with E-state index in [9.17, 15) is 4.79 Å². The Morgan fingerprint density at radius 1 is 1.42 bits per heavy atom. The lowest BCUT2D eigenvalue weighted by Gasteiger charge is -2.34. The molecule has 2 saturated heterocycles. The van der Waals surface area contributed by atoms with Gasteiger partial charge in [0.2, 0.25) is 0 Å². The van der Waals surface area contributed by atoms with Gasteiger partial charge in [-0.05, 0) is 37.5 Å². The van der Waals surface area contributed by atoms with Gasteiger partial charge in [-0.25, -0.2) is 0 Å². The quantitative estimate of drug-likeness (QED) is 0.818. The minimum atomic E-state index is 0.132. The molecule has 1 atom stereocenters. The van der Waals surface area contributed by atoms with Crippen molar-refractivity contribution < 1.29 is 14.4 Å². The summed E-state index contributed by atoms with van der Waals surface area (Å²) >= 11 is 6.13. The largest absolute Gasteiger partial charge is 0.376 e. The van der Waals surface area contributed by atoms with Crippen molar-refractivity contribution in [2.75, 3.05) is 50.8 Å². The molecule has 0 aromatic heterocycles. The maximum Gasteiger partial charge on any atom is 0.275 e. The van der Waals surface area contributed by atoms with E-state index in [0.29, 0.717) is 13.1 Å². The second kappa shape index (κ2) is 8.19. The molecule has 6 heteroatoms. The molecule has 0 aliphatic carbocycles. The third-order valence-electron chi connectivity index (χ3n) is 4.94. The predicted molar refractivity (Wildman–Crippen MR) is 95.9 cm³/mol. The molecule has 0 bridgehead atoms. The van der Waals surface area contributed by atoms with Crippen LogP contribution in [0.3, 0.4) is 0 Å². The molecule has 0 radical (unpaired) electrons. The molecule has 2 fully saturated rings. The first kappa shape index (κ1) is 17.5. The van der Waals surface area contributed by atoms with Crippen molar-refractivity contribution in [3.63, 3.8) is 0 Å². The van der Waals surface area contributed by atoms with Crippen LogP contribution < -0.4 is 15.1 Å². The Hall–Kier alpha value is -1.30. The lowest BCUT2D eigenvalue weighted by Crippen LogP contribution is -3.16. The number of piperazine rings is 1. The molecular formula is C18H27ClN3O2+. The van der Waals surface area contributed by atoms with Gasteiger partial charge in [-0.1, -0.05) is 17.7 Å². The number of ether oxygens (including phenoxy) is 1. The molecule has 0 saturated carbocycles. The van der Waals surface area contributed by atoms with Crippen molar-refractivity contribution in [3.05, 3.63) is 28.8 Å². The van der Waals surface area contributed by atoms with Gasteiger partial charge in [-0.2, -0.15) is 0 Å². The zero-order valence-electron chi connectivity index (χ0n) is 14.3. The summed E-state index contributed by atoms with van der Waals surface area (Å²) in [6.07, 6.45) is 2.38.